The maximum atomic E-state index is 12.2. The molecule has 1 aromatic heterocycles. The predicted octanol–water partition coefficient (Wildman–Crippen LogP) is 3.84. The van der Waals surface area contributed by atoms with E-state index < -0.39 is 0 Å². The minimum Gasteiger partial charge on any atom is -0.349 e. The van der Waals surface area contributed by atoms with Crippen molar-refractivity contribution in [3.05, 3.63) is 40.9 Å². The molecule has 1 atom stereocenters. The second-order valence-corrected chi connectivity index (χ2v) is 7.94. The number of hydrogen-bond acceptors (Lipinski definition) is 5. The highest BCUT2D eigenvalue weighted by Gasteiger charge is 2.16. The van der Waals surface area contributed by atoms with Gasteiger partial charge in [-0.15, -0.1) is 10.2 Å². The van der Waals surface area contributed by atoms with Crippen LogP contribution in [0.3, 0.4) is 0 Å². The molecular weight excluding hydrogens is 314 g/mol. The van der Waals surface area contributed by atoms with E-state index in [0.29, 0.717) is 11.7 Å². The second kappa shape index (κ2) is 8.29. The maximum Gasteiger partial charge on any atom is 0.230 e. The summed E-state index contributed by atoms with van der Waals surface area (Å²) in [6, 6.07) is 10.2. The van der Waals surface area contributed by atoms with Gasteiger partial charge in [0, 0.05) is 0 Å². The Labute approximate surface area is 139 Å². The van der Waals surface area contributed by atoms with Crippen molar-refractivity contribution < 1.29 is 4.79 Å². The van der Waals surface area contributed by atoms with Crippen molar-refractivity contribution in [3.63, 3.8) is 0 Å². The number of carbonyl (C=O) groups excluding carboxylic acids is 1. The number of aromatic nitrogens is 2. The topological polar surface area (TPSA) is 54.9 Å². The van der Waals surface area contributed by atoms with Crippen molar-refractivity contribution in [1.29, 1.82) is 0 Å². The molecule has 22 heavy (non-hydrogen) atoms. The smallest absolute Gasteiger partial charge is 0.230 e. The van der Waals surface area contributed by atoms with Crippen molar-refractivity contribution in [2.45, 2.75) is 37.6 Å². The number of benzene rings is 1. The van der Waals surface area contributed by atoms with E-state index in [4.69, 9.17) is 0 Å². The zero-order valence-corrected chi connectivity index (χ0v) is 14.7. The first-order valence-electron chi connectivity index (χ1n) is 7.32. The summed E-state index contributed by atoms with van der Waals surface area (Å²) in [7, 11) is 0. The van der Waals surface area contributed by atoms with E-state index in [2.05, 4.69) is 41.5 Å². The van der Waals surface area contributed by atoms with Gasteiger partial charge >= 0.3 is 0 Å². The molecule has 0 bridgehead atoms. The van der Waals surface area contributed by atoms with Gasteiger partial charge in [0.05, 0.1) is 11.8 Å². The minimum absolute atomic E-state index is 0.0346. The van der Waals surface area contributed by atoms with Crippen LogP contribution in [0.1, 0.15) is 36.9 Å². The largest absolute Gasteiger partial charge is 0.349 e. The highest BCUT2D eigenvalue weighted by Crippen LogP contribution is 2.23. The van der Waals surface area contributed by atoms with Crippen LogP contribution < -0.4 is 5.32 Å². The van der Waals surface area contributed by atoms with Gasteiger partial charge in [0.1, 0.15) is 5.01 Å². The Morgan fingerprint density at radius 1 is 1.27 bits per heavy atom. The number of carbonyl (C=O) groups is 1. The summed E-state index contributed by atoms with van der Waals surface area (Å²) in [5.41, 5.74) is 1.15. The number of rotatable bonds is 7. The molecular formula is C16H21N3OS2. The first kappa shape index (κ1) is 17.0. The van der Waals surface area contributed by atoms with Gasteiger partial charge in [-0.2, -0.15) is 0 Å². The van der Waals surface area contributed by atoms with Crippen molar-refractivity contribution in [2.24, 2.45) is 5.92 Å². The van der Waals surface area contributed by atoms with E-state index in [9.17, 15) is 4.79 Å². The van der Waals surface area contributed by atoms with Crippen molar-refractivity contribution in [2.75, 3.05) is 5.75 Å². The number of thioether (sulfide) groups is 1. The molecule has 118 valence electrons. The normalized spacial score (nSPS) is 12.4. The summed E-state index contributed by atoms with van der Waals surface area (Å²) < 4.78 is 0.841. The molecule has 0 saturated carbocycles. The SMILES string of the molecule is Cc1nnc(SCC(=O)NC(CC(C)C)c2ccccc2)s1. The lowest BCUT2D eigenvalue weighted by Crippen LogP contribution is -2.30. The van der Waals surface area contributed by atoms with E-state index in [0.717, 1.165) is 21.3 Å². The summed E-state index contributed by atoms with van der Waals surface area (Å²) in [6.45, 7) is 6.25. The molecule has 2 rings (SSSR count). The van der Waals surface area contributed by atoms with E-state index >= 15 is 0 Å². The van der Waals surface area contributed by atoms with Gasteiger partial charge in [-0.25, -0.2) is 0 Å². The molecule has 2 aromatic rings. The van der Waals surface area contributed by atoms with Gasteiger partial charge in [0.2, 0.25) is 5.91 Å². The zero-order chi connectivity index (χ0) is 15.9. The van der Waals surface area contributed by atoms with Gasteiger partial charge in [-0.1, -0.05) is 67.3 Å². The Balaban J connectivity index is 1.93. The molecule has 0 aliphatic carbocycles. The molecule has 0 saturated heterocycles. The summed E-state index contributed by atoms with van der Waals surface area (Å²) >= 11 is 2.95. The molecule has 1 heterocycles. The molecule has 0 fully saturated rings. The molecule has 0 aliphatic rings. The Hall–Kier alpha value is -1.40. The van der Waals surface area contributed by atoms with Gasteiger partial charge < -0.3 is 5.32 Å². The van der Waals surface area contributed by atoms with Crippen molar-refractivity contribution in [1.82, 2.24) is 15.5 Å². The molecule has 0 spiro atoms. The third kappa shape index (κ3) is 5.42. The first-order chi connectivity index (χ1) is 10.5. The van der Waals surface area contributed by atoms with Gasteiger partial charge in [-0.3, -0.25) is 4.79 Å². The van der Waals surface area contributed by atoms with Crippen LogP contribution >= 0.6 is 23.1 Å². The van der Waals surface area contributed by atoms with Gasteiger partial charge in [-0.05, 0) is 24.8 Å². The van der Waals surface area contributed by atoms with Crippen LogP contribution in [0.2, 0.25) is 0 Å². The first-order valence-corrected chi connectivity index (χ1v) is 9.12. The average molecular weight is 335 g/mol. The fourth-order valence-electron chi connectivity index (χ4n) is 2.14. The molecule has 6 heteroatoms. The van der Waals surface area contributed by atoms with Crippen LogP contribution in [-0.4, -0.2) is 21.9 Å². The van der Waals surface area contributed by atoms with Crippen molar-refractivity contribution >= 4 is 29.0 Å². The van der Waals surface area contributed by atoms with Crippen LogP contribution in [0.5, 0.6) is 0 Å². The zero-order valence-electron chi connectivity index (χ0n) is 13.1. The monoisotopic (exact) mass is 335 g/mol. The Morgan fingerprint density at radius 2 is 2.00 bits per heavy atom. The summed E-state index contributed by atoms with van der Waals surface area (Å²) in [4.78, 5) is 12.2. The minimum atomic E-state index is 0.0346. The van der Waals surface area contributed by atoms with Crippen molar-refractivity contribution in [3.8, 4) is 0 Å². The molecule has 1 amide bonds. The lowest BCUT2D eigenvalue weighted by atomic mass is 9.97. The molecule has 1 unspecified atom stereocenters. The summed E-state index contributed by atoms with van der Waals surface area (Å²) in [5.74, 6) is 0.923. The number of nitrogens with one attached hydrogen (secondary N) is 1. The summed E-state index contributed by atoms with van der Waals surface area (Å²) in [6.07, 6.45) is 0.929. The van der Waals surface area contributed by atoms with E-state index in [1.165, 1.54) is 23.1 Å². The Morgan fingerprint density at radius 3 is 2.59 bits per heavy atom. The number of amides is 1. The van der Waals surface area contributed by atoms with Crippen LogP contribution in [0.15, 0.2) is 34.7 Å². The predicted molar refractivity (Wildman–Crippen MR) is 92.2 cm³/mol. The number of hydrogen-bond donors (Lipinski definition) is 1. The fourth-order valence-corrected chi connectivity index (χ4v) is 3.76. The molecule has 1 N–H and O–H groups in total. The van der Waals surface area contributed by atoms with Crippen LogP contribution in [0.4, 0.5) is 0 Å². The summed E-state index contributed by atoms with van der Waals surface area (Å²) in [5, 5.41) is 12.0. The average Bonchev–Trinajstić information content (AvgIpc) is 2.91. The highest BCUT2D eigenvalue weighted by molar-refractivity contribution is 8.01. The van der Waals surface area contributed by atoms with Crippen LogP contribution in [-0.2, 0) is 4.79 Å². The van der Waals surface area contributed by atoms with E-state index in [1.54, 1.807) is 0 Å². The lowest BCUT2D eigenvalue weighted by molar-refractivity contribution is -0.119. The third-order valence-electron chi connectivity index (χ3n) is 3.08. The quantitative estimate of drug-likeness (QED) is 0.781. The standard InChI is InChI=1S/C16H21N3OS2/c1-11(2)9-14(13-7-5-4-6-8-13)17-15(20)10-21-16-19-18-12(3)22-16/h4-8,11,14H,9-10H2,1-3H3,(H,17,20). The number of aryl methyl sites for hydroxylation is 1. The molecule has 0 radical (unpaired) electrons. The lowest BCUT2D eigenvalue weighted by Gasteiger charge is -2.21. The second-order valence-electron chi connectivity index (χ2n) is 5.54. The van der Waals surface area contributed by atoms with Gasteiger partial charge in [0.15, 0.2) is 4.34 Å². The molecule has 0 aliphatic heterocycles. The third-order valence-corrected chi connectivity index (χ3v) is 5.05. The van der Waals surface area contributed by atoms with E-state index in [1.807, 2.05) is 25.1 Å². The molecule has 1 aromatic carbocycles. The molecule has 4 nitrogen and oxygen atoms in total. The highest BCUT2D eigenvalue weighted by atomic mass is 32.2. The van der Waals surface area contributed by atoms with Crippen LogP contribution in [0.25, 0.3) is 0 Å². The Bertz CT molecular complexity index is 598. The fraction of sp³-hybridized carbons (Fsp3) is 0.438. The Kier molecular flexibility index (Phi) is 6.39. The van der Waals surface area contributed by atoms with Gasteiger partial charge in [0.25, 0.3) is 0 Å². The number of nitrogens with zero attached hydrogens (tertiary/aromatic N) is 2. The maximum absolute atomic E-state index is 12.2. The van der Waals surface area contributed by atoms with E-state index in [-0.39, 0.29) is 11.9 Å². The van der Waals surface area contributed by atoms with Crippen LogP contribution in [0, 0.1) is 12.8 Å².